The number of hydrogen-bond donors (Lipinski definition) is 0. The molecule has 2 nitrogen and oxygen atoms in total. The average Bonchev–Trinajstić information content (AvgIpc) is 2.33. The molecular weight excluding hydrogens is 271 g/mol. The van der Waals surface area contributed by atoms with E-state index in [-0.39, 0.29) is 0 Å². The lowest BCUT2D eigenvalue weighted by molar-refractivity contribution is -0.321. The van der Waals surface area contributed by atoms with Gasteiger partial charge < -0.3 is 4.74 Å². The Balaban J connectivity index is 6.00. The largest absolute Gasteiger partial charge is 0.468 e. The van der Waals surface area contributed by atoms with Gasteiger partial charge in [0, 0.05) is 0 Å². The van der Waals surface area contributed by atoms with Gasteiger partial charge in [0.25, 0.3) is 5.92 Å². The Hall–Kier alpha value is -0.880. The van der Waals surface area contributed by atoms with Crippen LogP contribution >= 0.6 is 0 Å². The van der Waals surface area contributed by atoms with Crippen LogP contribution in [-0.4, -0.2) is 25.2 Å². The van der Waals surface area contributed by atoms with Crippen LogP contribution in [0.1, 0.15) is 40.5 Å². The second kappa shape index (κ2) is 5.25. The van der Waals surface area contributed by atoms with Gasteiger partial charge in [-0.05, 0) is 26.7 Å². The summed E-state index contributed by atoms with van der Waals surface area (Å²) in [4.78, 5) is 11.5. The maximum Gasteiger partial charge on any atom is 0.400 e. The first-order valence-electron chi connectivity index (χ1n) is 5.88. The molecule has 7 heteroatoms. The van der Waals surface area contributed by atoms with E-state index in [4.69, 9.17) is 0 Å². The van der Waals surface area contributed by atoms with Crippen LogP contribution in [0.25, 0.3) is 0 Å². The summed E-state index contributed by atoms with van der Waals surface area (Å²) in [6.07, 6.45) is -6.43. The van der Waals surface area contributed by atoms with Crippen LogP contribution in [0.15, 0.2) is 0 Å². The molecule has 0 saturated heterocycles. The Kier molecular flexibility index (Phi) is 5.00. The lowest BCUT2D eigenvalue weighted by atomic mass is 9.66. The highest BCUT2D eigenvalue weighted by atomic mass is 19.4. The van der Waals surface area contributed by atoms with Crippen LogP contribution in [-0.2, 0) is 9.53 Å². The van der Waals surface area contributed by atoms with Crippen molar-refractivity contribution in [3.05, 3.63) is 0 Å². The minimum absolute atomic E-state index is 0.434. The molecule has 0 aliphatic heterocycles. The summed E-state index contributed by atoms with van der Waals surface area (Å²) >= 11 is 0. The van der Waals surface area contributed by atoms with Crippen molar-refractivity contribution < 1.29 is 31.5 Å². The van der Waals surface area contributed by atoms with Gasteiger partial charge in [-0.2, -0.15) is 13.2 Å². The van der Waals surface area contributed by atoms with E-state index in [1.165, 1.54) is 6.92 Å². The summed E-state index contributed by atoms with van der Waals surface area (Å²) < 4.78 is 72.1. The van der Waals surface area contributed by atoms with Crippen molar-refractivity contribution in [2.24, 2.45) is 10.8 Å². The fraction of sp³-hybridized carbons (Fsp3) is 0.917. The third kappa shape index (κ3) is 2.43. The zero-order chi connectivity index (χ0) is 15.7. The quantitative estimate of drug-likeness (QED) is 0.560. The average molecular weight is 290 g/mol. The molecule has 114 valence electrons. The summed E-state index contributed by atoms with van der Waals surface area (Å²) in [5.74, 6) is -5.63. The molecule has 2 atom stereocenters. The highest BCUT2D eigenvalue weighted by molar-refractivity contribution is 5.77. The van der Waals surface area contributed by atoms with Gasteiger partial charge in [-0.15, -0.1) is 0 Å². The summed E-state index contributed by atoms with van der Waals surface area (Å²) in [5, 5.41) is 0. The first-order chi connectivity index (χ1) is 8.35. The van der Waals surface area contributed by atoms with Crippen molar-refractivity contribution >= 4 is 5.97 Å². The fourth-order valence-electron chi connectivity index (χ4n) is 1.93. The molecule has 0 aromatic rings. The van der Waals surface area contributed by atoms with E-state index in [1.54, 1.807) is 0 Å². The van der Waals surface area contributed by atoms with Crippen molar-refractivity contribution in [1.82, 2.24) is 0 Å². The van der Waals surface area contributed by atoms with Gasteiger partial charge in [0.05, 0.1) is 7.11 Å². The predicted octanol–water partition coefficient (Wildman–Crippen LogP) is 4.19. The maximum absolute atomic E-state index is 14.4. The zero-order valence-electron chi connectivity index (χ0n) is 11.6. The molecule has 0 aromatic heterocycles. The SMILES string of the molecule is CCC(C)(C(=O)OC)C(F)(F)C(C)(CC)C(F)(F)F. The Labute approximate surface area is 109 Å². The third-order valence-electron chi connectivity index (χ3n) is 4.06. The Morgan fingerprint density at radius 3 is 1.63 bits per heavy atom. The van der Waals surface area contributed by atoms with Crippen molar-refractivity contribution in [2.45, 2.75) is 52.6 Å². The predicted molar refractivity (Wildman–Crippen MR) is 59.8 cm³/mol. The van der Waals surface area contributed by atoms with E-state index in [2.05, 4.69) is 4.74 Å². The van der Waals surface area contributed by atoms with Gasteiger partial charge in [-0.3, -0.25) is 4.79 Å². The van der Waals surface area contributed by atoms with E-state index >= 15 is 0 Å². The second-order valence-electron chi connectivity index (χ2n) is 4.94. The van der Waals surface area contributed by atoms with Crippen molar-refractivity contribution in [3.8, 4) is 0 Å². The maximum atomic E-state index is 14.4. The molecule has 0 spiro atoms. The third-order valence-corrected chi connectivity index (χ3v) is 4.06. The number of hydrogen-bond acceptors (Lipinski definition) is 2. The highest BCUT2D eigenvalue weighted by Crippen LogP contribution is 2.59. The first-order valence-corrected chi connectivity index (χ1v) is 5.88. The van der Waals surface area contributed by atoms with E-state index in [9.17, 15) is 26.7 Å². The van der Waals surface area contributed by atoms with Crippen LogP contribution in [0.2, 0.25) is 0 Å². The van der Waals surface area contributed by atoms with Gasteiger partial charge in [-0.25, -0.2) is 8.78 Å². The molecule has 0 amide bonds. The Bertz CT molecular complexity index is 340. The second-order valence-corrected chi connectivity index (χ2v) is 4.94. The number of methoxy groups -OCH3 is 1. The smallest absolute Gasteiger partial charge is 0.400 e. The van der Waals surface area contributed by atoms with Crippen molar-refractivity contribution in [1.29, 1.82) is 0 Å². The molecule has 0 aromatic carbocycles. The number of ether oxygens (including phenoxy) is 1. The number of alkyl halides is 5. The number of carbonyl (C=O) groups is 1. The highest BCUT2D eigenvalue weighted by Gasteiger charge is 2.73. The van der Waals surface area contributed by atoms with Crippen LogP contribution in [0.3, 0.4) is 0 Å². The van der Waals surface area contributed by atoms with Gasteiger partial charge in [0.15, 0.2) is 0 Å². The number of halogens is 5. The topological polar surface area (TPSA) is 26.3 Å². The molecule has 0 aliphatic carbocycles. The zero-order valence-corrected chi connectivity index (χ0v) is 11.6. The summed E-state index contributed by atoms with van der Waals surface area (Å²) in [6.45, 7) is 3.49. The molecule has 0 bridgehead atoms. The van der Waals surface area contributed by atoms with Crippen LogP contribution in [0.5, 0.6) is 0 Å². The molecule has 0 radical (unpaired) electrons. The van der Waals surface area contributed by atoms with Gasteiger partial charge in [0.2, 0.25) is 0 Å². The standard InChI is InChI=1S/C12H19F5O2/c1-6-9(3,8(18)19-5)11(13,14)10(4,7-2)12(15,16)17/h6-7H2,1-5H3. The molecule has 0 fully saturated rings. The van der Waals surface area contributed by atoms with E-state index in [0.717, 1.165) is 21.0 Å². The molecule has 19 heavy (non-hydrogen) atoms. The number of carbonyl (C=O) groups excluding carboxylic acids is 1. The molecular formula is C12H19F5O2. The van der Waals surface area contributed by atoms with Gasteiger partial charge in [0.1, 0.15) is 10.8 Å². The van der Waals surface area contributed by atoms with Gasteiger partial charge in [-0.1, -0.05) is 13.8 Å². The van der Waals surface area contributed by atoms with Crippen LogP contribution < -0.4 is 0 Å². The van der Waals surface area contributed by atoms with Crippen LogP contribution in [0.4, 0.5) is 22.0 Å². The molecule has 0 heterocycles. The minimum Gasteiger partial charge on any atom is -0.468 e. The fourth-order valence-corrected chi connectivity index (χ4v) is 1.93. The van der Waals surface area contributed by atoms with Crippen LogP contribution in [0, 0.1) is 10.8 Å². The summed E-state index contributed by atoms with van der Waals surface area (Å²) in [5.41, 5.74) is -5.82. The monoisotopic (exact) mass is 290 g/mol. The molecule has 0 rings (SSSR count). The van der Waals surface area contributed by atoms with E-state index in [0.29, 0.717) is 6.92 Å². The summed E-state index contributed by atoms with van der Waals surface area (Å²) in [7, 11) is 0.878. The molecule has 2 unspecified atom stereocenters. The van der Waals surface area contributed by atoms with Crippen molar-refractivity contribution in [2.75, 3.05) is 7.11 Å². The molecule has 0 saturated carbocycles. The Morgan fingerprint density at radius 2 is 1.42 bits per heavy atom. The van der Waals surface area contributed by atoms with E-state index in [1.807, 2.05) is 0 Å². The van der Waals surface area contributed by atoms with E-state index < -0.39 is 41.7 Å². The lowest BCUT2D eigenvalue weighted by Gasteiger charge is -2.46. The normalized spacial score (nSPS) is 19.5. The molecule has 0 N–H and O–H groups in total. The number of rotatable bonds is 5. The summed E-state index contributed by atoms with van der Waals surface area (Å²) in [6, 6.07) is 0. The Morgan fingerprint density at radius 1 is 1.00 bits per heavy atom. The number of esters is 1. The molecule has 0 aliphatic rings. The first kappa shape index (κ1) is 18.1. The minimum atomic E-state index is -5.13. The van der Waals surface area contributed by atoms with Gasteiger partial charge >= 0.3 is 12.1 Å². The van der Waals surface area contributed by atoms with Crippen molar-refractivity contribution in [3.63, 3.8) is 0 Å². The lowest BCUT2D eigenvalue weighted by Crippen LogP contribution is -2.60.